The zero-order valence-corrected chi connectivity index (χ0v) is 15.7. The molecule has 2 aromatic rings. The van der Waals surface area contributed by atoms with Crippen LogP contribution in [0, 0.1) is 17.0 Å². The molecule has 3 N–H and O–H groups in total. The molecule has 2 aromatic carbocycles. The van der Waals surface area contributed by atoms with E-state index in [0.29, 0.717) is 22.7 Å². The third-order valence-electron chi connectivity index (χ3n) is 3.84. The van der Waals surface area contributed by atoms with E-state index in [4.69, 9.17) is 4.74 Å². The summed E-state index contributed by atoms with van der Waals surface area (Å²) in [6.07, 6.45) is 0. The molecule has 9 nitrogen and oxygen atoms in total. The van der Waals surface area contributed by atoms with Gasteiger partial charge in [-0.15, -0.1) is 0 Å². The SMILES string of the molecule is CC(=O)Nc1ccc(OC[C@](C)(O)C(=O)Nc2ccc([N+](=O)[O-])c(C)c2)cc1. The van der Waals surface area contributed by atoms with E-state index in [-0.39, 0.29) is 18.2 Å². The number of carbonyl (C=O) groups excluding carboxylic acids is 2. The third kappa shape index (κ3) is 5.52. The van der Waals surface area contributed by atoms with Crippen molar-refractivity contribution in [2.24, 2.45) is 0 Å². The van der Waals surface area contributed by atoms with E-state index in [1.54, 1.807) is 31.2 Å². The molecule has 0 fully saturated rings. The van der Waals surface area contributed by atoms with Crippen LogP contribution in [0.4, 0.5) is 17.1 Å². The van der Waals surface area contributed by atoms with Gasteiger partial charge in [-0.25, -0.2) is 0 Å². The van der Waals surface area contributed by atoms with E-state index in [1.807, 2.05) is 0 Å². The molecule has 0 saturated heterocycles. The monoisotopic (exact) mass is 387 g/mol. The Balaban J connectivity index is 1.98. The van der Waals surface area contributed by atoms with Crippen molar-refractivity contribution in [3.05, 3.63) is 58.1 Å². The van der Waals surface area contributed by atoms with Crippen molar-refractivity contribution in [2.75, 3.05) is 17.2 Å². The molecule has 1 atom stereocenters. The molecule has 2 rings (SSSR count). The average molecular weight is 387 g/mol. The van der Waals surface area contributed by atoms with Gasteiger partial charge in [0, 0.05) is 29.9 Å². The topological polar surface area (TPSA) is 131 Å². The largest absolute Gasteiger partial charge is 0.490 e. The first-order valence-corrected chi connectivity index (χ1v) is 8.38. The van der Waals surface area contributed by atoms with Gasteiger partial charge in [0.15, 0.2) is 5.60 Å². The fourth-order valence-electron chi connectivity index (χ4n) is 2.33. The fraction of sp³-hybridized carbons (Fsp3) is 0.263. The molecule has 0 aliphatic rings. The number of carbonyl (C=O) groups is 2. The van der Waals surface area contributed by atoms with Crippen LogP contribution >= 0.6 is 0 Å². The molecule has 0 heterocycles. The van der Waals surface area contributed by atoms with E-state index in [2.05, 4.69) is 10.6 Å². The highest BCUT2D eigenvalue weighted by Crippen LogP contribution is 2.23. The Morgan fingerprint density at radius 1 is 1.14 bits per heavy atom. The number of benzene rings is 2. The normalized spacial score (nSPS) is 12.6. The lowest BCUT2D eigenvalue weighted by atomic mass is 10.1. The maximum absolute atomic E-state index is 12.3. The first-order valence-electron chi connectivity index (χ1n) is 8.38. The van der Waals surface area contributed by atoms with Crippen LogP contribution in [0.1, 0.15) is 19.4 Å². The Morgan fingerprint density at radius 3 is 2.29 bits per heavy atom. The molecule has 28 heavy (non-hydrogen) atoms. The van der Waals surface area contributed by atoms with Gasteiger partial charge in [-0.1, -0.05) is 0 Å². The lowest BCUT2D eigenvalue weighted by molar-refractivity contribution is -0.385. The first-order chi connectivity index (χ1) is 13.1. The number of aliphatic hydroxyl groups is 1. The summed E-state index contributed by atoms with van der Waals surface area (Å²) < 4.78 is 5.45. The van der Waals surface area contributed by atoms with E-state index >= 15 is 0 Å². The van der Waals surface area contributed by atoms with Gasteiger partial charge in [0.25, 0.3) is 11.6 Å². The molecular weight excluding hydrogens is 366 g/mol. The van der Waals surface area contributed by atoms with Crippen LogP contribution < -0.4 is 15.4 Å². The Hall–Kier alpha value is -3.46. The smallest absolute Gasteiger partial charge is 0.272 e. The number of anilines is 2. The van der Waals surface area contributed by atoms with Gasteiger partial charge >= 0.3 is 0 Å². The average Bonchev–Trinajstić information content (AvgIpc) is 2.60. The second-order valence-corrected chi connectivity index (χ2v) is 6.48. The van der Waals surface area contributed by atoms with Gasteiger partial charge in [-0.05, 0) is 50.2 Å². The summed E-state index contributed by atoms with van der Waals surface area (Å²) in [5.41, 5.74) is -0.592. The summed E-state index contributed by atoms with van der Waals surface area (Å²) >= 11 is 0. The summed E-state index contributed by atoms with van der Waals surface area (Å²) in [7, 11) is 0. The van der Waals surface area contributed by atoms with Crippen molar-refractivity contribution >= 4 is 28.9 Å². The molecule has 2 amide bonds. The maximum Gasteiger partial charge on any atom is 0.272 e. The van der Waals surface area contributed by atoms with Crippen molar-refractivity contribution < 1.29 is 24.4 Å². The van der Waals surface area contributed by atoms with Crippen LogP contribution in [0.25, 0.3) is 0 Å². The number of rotatable bonds is 7. The van der Waals surface area contributed by atoms with Crippen LogP contribution in [0.2, 0.25) is 0 Å². The number of nitrogens with one attached hydrogen (secondary N) is 2. The predicted octanol–water partition coefficient (Wildman–Crippen LogP) is 2.63. The minimum Gasteiger partial charge on any atom is -0.490 e. The van der Waals surface area contributed by atoms with Gasteiger partial charge in [0.05, 0.1) is 4.92 Å². The Morgan fingerprint density at radius 2 is 1.75 bits per heavy atom. The van der Waals surface area contributed by atoms with Crippen molar-refractivity contribution in [3.8, 4) is 5.75 Å². The van der Waals surface area contributed by atoms with Gasteiger partial charge in [0.2, 0.25) is 5.91 Å². The minimum atomic E-state index is -1.84. The number of nitro benzene ring substituents is 1. The van der Waals surface area contributed by atoms with Crippen LogP contribution in [0.15, 0.2) is 42.5 Å². The fourth-order valence-corrected chi connectivity index (χ4v) is 2.33. The lowest BCUT2D eigenvalue weighted by Crippen LogP contribution is -2.45. The van der Waals surface area contributed by atoms with Gasteiger partial charge in [-0.3, -0.25) is 19.7 Å². The second-order valence-electron chi connectivity index (χ2n) is 6.48. The highest BCUT2D eigenvalue weighted by Gasteiger charge is 2.31. The van der Waals surface area contributed by atoms with E-state index in [1.165, 1.54) is 32.0 Å². The number of hydrogen-bond acceptors (Lipinski definition) is 6. The molecular formula is C19H21N3O6. The van der Waals surface area contributed by atoms with E-state index in [0.717, 1.165) is 0 Å². The molecule has 9 heteroatoms. The Bertz CT molecular complexity index is 893. The summed E-state index contributed by atoms with van der Waals surface area (Å²) in [6.45, 7) is 3.93. The predicted molar refractivity (Wildman–Crippen MR) is 103 cm³/mol. The Labute approximate surface area is 161 Å². The molecule has 0 aliphatic carbocycles. The first kappa shape index (κ1) is 20.8. The van der Waals surface area contributed by atoms with Crippen molar-refractivity contribution in [3.63, 3.8) is 0 Å². The summed E-state index contributed by atoms with van der Waals surface area (Å²) in [4.78, 5) is 33.7. The highest BCUT2D eigenvalue weighted by atomic mass is 16.6. The summed E-state index contributed by atoms with van der Waals surface area (Å²) in [5, 5.41) is 26.4. The maximum atomic E-state index is 12.3. The summed E-state index contributed by atoms with van der Waals surface area (Å²) in [5.74, 6) is -0.501. The summed E-state index contributed by atoms with van der Waals surface area (Å²) in [6, 6.07) is 10.6. The minimum absolute atomic E-state index is 0.0594. The van der Waals surface area contributed by atoms with Crippen LogP contribution in [-0.2, 0) is 9.59 Å². The molecule has 0 unspecified atom stereocenters. The third-order valence-corrected chi connectivity index (χ3v) is 3.84. The number of nitro groups is 1. The Kier molecular flexibility index (Phi) is 6.32. The lowest BCUT2D eigenvalue weighted by Gasteiger charge is -2.22. The van der Waals surface area contributed by atoms with Crippen LogP contribution in [0.5, 0.6) is 5.75 Å². The molecule has 0 bridgehead atoms. The van der Waals surface area contributed by atoms with Crippen LogP contribution in [-0.4, -0.2) is 34.1 Å². The standard InChI is InChI=1S/C19H21N3O6/c1-12-10-15(6-9-17(12)22(26)27)21-18(24)19(3,25)11-28-16-7-4-14(5-8-16)20-13(2)23/h4-10,25H,11H2,1-3H3,(H,20,23)(H,21,24)/t19-/m0/s1. The van der Waals surface area contributed by atoms with Crippen molar-refractivity contribution in [1.29, 1.82) is 0 Å². The van der Waals surface area contributed by atoms with Crippen LogP contribution in [0.3, 0.4) is 0 Å². The molecule has 148 valence electrons. The van der Waals surface area contributed by atoms with Crippen molar-refractivity contribution in [2.45, 2.75) is 26.4 Å². The molecule has 0 aliphatic heterocycles. The van der Waals surface area contributed by atoms with Gasteiger partial charge in [-0.2, -0.15) is 0 Å². The number of ether oxygens (including phenoxy) is 1. The quantitative estimate of drug-likeness (QED) is 0.494. The van der Waals surface area contributed by atoms with Crippen molar-refractivity contribution in [1.82, 2.24) is 0 Å². The van der Waals surface area contributed by atoms with E-state index < -0.39 is 16.4 Å². The number of aryl methyl sites for hydroxylation is 1. The number of hydrogen-bond donors (Lipinski definition) is 3. The highest BCUT2D eigenvalue weighted by molar-refractivity contribution is 5.97. The molecule has 0 radical (unpaired) electrons. The molecule has 0 saturated carbocycles. The number of amides is 2. The zero-order chi connectivity index (χ0) is 20.9. The molecule has 0 spiro atoms. The van der Waals surface area contributed by atoms with Gasteiger partial charge in [0.1, 0.15) is 12.4 Å². The zero-order valence-electron chi connectivity index (χ0n) is 15.7. The second kappa shape index (κ2) is 8.49. The number of nitrogens with zero attached hydrogens (tertiary/aromatic N) is 1. The van der Waals surface area contributed by atoms with Gasteiger partial charge < -0.3 is 20.5 Å². The molecule has 0 aromatic heterocycles. The van der Waals surface area contributed by atoms with E-state index in [9.17, 15) is 24.8 Å².